The molecule has 2 unspecified atom stereocenters. The summed E-state index contributed by atoms with van der Waals surface area (Å²) in [7, 11) is -3.40. The number of rotatable bonds is 6. The summed E-state index contributed by atoms with van der Waals surface area (Å²) in [5.41, 5.74) is 3.91. The highest BCUT2D eigenvalue weighted by atomic mass is 79.9. The molecule has 1 aliphatic heterocycles. The van der Waals surface area contributed by atoms with Gasteiger partial charge in [0, 0.05) is 21.9 Å². The number of hydrogen-bond donors (Lipinski definition) is 2. The maximum absolute atomic E-state index is 11.7. The Kier molecular flexibility index (Phi) is 6.59. The molecule has 5 rings (SSSR count). The Morgan fingerprint density at radius 1 is 1.08 bits per heavy atom. The number of aryl methyl sites for hydroxylation is 1. The topological polar surface area (TPSA) is 87.5 Å². The third-order valence-electron chi connectivity index (χ3n) is 5.93. The van der Waals surface area contributed by atoms with Crippen molar-refractivity contribution in [2.75, 3.05) is 15.9 Å². The second kappa shape index (κ2) is 9.68. The zero-order chi connectivity index (χ0) is 25.4. The minimum Gasteiger partial charge on any atom is -0.459 e. The van der Waals surface area contributed by atoms with Gasteiger partial charge >= 0.3 is 0 Å². The van der Waals surface area contributed by atoms with E-state index in [4.69, 9.17) is 16.6 Å². The molecule has 2 atom stereocenters. The molecule has 10 heteroatoms. The number of nitrogens with zero attached hydrogens (tertiary/aromatic N) is 2. The maximum Gasteiger partial charge on any atom is 0.229 e. The summed E-state index contributed by atoms with van der Waals surface area (Å²) in [6.45, 7) is 1.85. The predicted octanol–water partition coefficient (Wildman–Crippen LogP) is 5.96. The summed E-state index contributed by atoms with van der Waals surface area (Å²) in [5, 5.41) is 3.94. The van der Waals surface area contributed by atoms with Gasteiger partial charge in [-0.15, -0.1) is 0 Å². The van der Waals surface area contributed by atoms with Crippen molar-refractivity contribution in [2.45, 2.75) is 19.0 Å². The van der Waals surface area contributed by atoms with Gasteiger partial charge in [0.2, 0.25) is 10.0 Å². The van der Waals surface area contributed by atoms with Crippen LogP contribution in [0.5, 0.6) is 0 Å². The molecule has 2 aromatic carbocycles. The molecular weight excluding hydrogens is 560 g/mol. The van der Waals surface area contributed by atoms with Gasteiger partial charge in [-0.1, -0.05) is 34.1 Å². The summed E-state index contributed by atoms with van der Waals surface area (Å²) < 4.78 is 33.4. The molecule has 0 saturated carbocycles. The highest BCUT2D eigenvalue weighted by Gasteiger charge is 2.42. The van der Waals surface area contributed by atoms with E-state index in [2.05, 4.69) is 31.0 Å². The van der Waals surface area contributed by atoms with Gasteiger partial charge < -0.3 is 14.6 Å². The zero-order valence-electron chi connectivity index (χ0n) is 19.5. The lowest BCUT2D eigenvalue weighted by Crippen LogP contribution is -2.29. The molecule has 0 amide bonds. The molecule has 4 aromatic rings. The normalized spacial score (nSPS) is 17.8. The molecule has 0 aliphatic carbocycles. The van der Waals surface area contributed by atoms with Gasteiger partial charge in [0.05, 0.1) is 23.7 Å². The molecule has 36 heavy (non-hydrogen) atoms. The van der Waals surface area contributed by atoms with Crippen molar-refractivity contribution in [1.29, 1.82) is 0 Å². The van der Waals surface area contributed by atoms with Crippen LogP contribution in [-0.4, -0.2) is 24.8 Å². The zero-order valence-corrected chi connectivity index (χ0v) is 22.7. The van der Waals surface area contributed by atoms with Crippen LogP contribution in [0.4, 0.5) is 11.4 Å². The second-order valence-corrected chi connectivity index (χ2v) is 11.6. The van der Waals surface area contributed by atoms with E-state index in [1.54, 1.807) is 12.3 Å². The fourth-order valence-corrected chi connectivity index (χ4v) is 5.55. The number of thiocarbonyl (C=S) groups is 1. The van der Waals surface area contributed by atoms with Gasteiger partial charge in [0.1, 0.15) is 17.6 Å². The lowest BCUT2D eigenvalue weighted by atomic mass is 10.0. The quantitative estimate of drug-likeness (QED) is 0.271. The van der Waals surface area contributed by atoms with E-state index >= 15 is 0 Å². The average Bonchev–Trinajstić information content (AvgIpc) is 3.45. The molecule has 1 saturated heterocycles. The van der Waals surface area contributed by atoms with Crippen LogP contribution in [0.25, 0.3) is 11.3 Å². The minimum atomic E-state index is -3.40. The lowest BCUT2D eigenvalue weighted by molar-refractivity contribution is 0.439. The first-order valence-corrected chi connectivity index (χ1v) is 14.2. The van der Waals surface area contributed by atoms with Crippen molar-refractivity contribution < 1.29 is 12.8 Å². The molecule has 1 aliphatic rings. The van der Waals surface area contributed by atoms with E-state index in [0.29, 0.717) is 10.8 Å². The number of halogens is 1. The van der Waals surface area contributed by atoms with Crippen LogP contribution in [0, 0.1) is 6.92 Å². The van der Waals surface area contributed by atoms with Crippen molar-refractivity contribution in [3.63, 3.8) is 0 Å². The third-order valence-corrected chi connectivity index (χ3v) is 7.36. The van der Waals surface area contributed by atoms with Crippen molar-refractivity contribution in [3.05, 3.63) is 100 Å². The van der Waals surface area contributed by atoms with Crippen LogP contribution >= 0.6 is 28.1 Å². The van der Waals surface area contributed by atoms with Crippen LogP contribution in [0.15, 0.2) is 87.9 Å². The first kappa shape index (κ1) is 24.5. The van der Waals surface area contributed by atoms with Crippen LogP contribution in [0.1, 0.15) is 29.1 Å². The van der Waals surface area contributed by atoms with E-state index in [1.165, 1.54) is 0 Å². The molecule has 7 nitrogen and oxygen atoms in total. The van der Waals surface area contributed by atoms with Crippen LogP contribution in [-0.2, 0) is 10.0 Å². The number of benzene rings is 2. The van der Waals surface area contributed by atoms with Gasteiger partial charge in [0.15, 0.2) is 5.11 Å². The standard InChI is InChI=1S/C26H23BrN4O3S2/c1-16-15-19(10-11-20(16)30-36(2,32)33)31-25(24(29-26(31)35)21-5-3-4-14-28-21)23-13-12-22(34-23)17-6-8-18(27)9-7-17/h3-15,24-25,30H,1-2H3,(H,29,35). The molecule has 0 radical (unpaired) electrons. The van der Waals surface area contributed by atoms with Gasteiger partial charge in [-0.2, -0.15) is 0 Å². The Labute approximate surface area is 223 Å². The molecular formula is C26H23BrN4O3S2. The number of aromatic nitrogens is 1. The predicted molar refractivity (Wildman–Crippen MR) is 149 cm³/mol. The fourth-order valence-electron chi connectivity index (χ4n) is 4.31. The molecule has 184 valence electrons. The van der Waals surface area contributed by atoms with Crippen molar-refractivity contribution >= 4 is 54.7 Å². The minimum absolute atomic E-state index is 0.253. The van der Waals surface area contributed by atoms with Crippen molar-refractivity contribution in [1.82, 2.24) is 10.3 Å². The van der Waals surface area contributed by atoms with E-state index in [1.807, 2.05) is 78.6 Å². The Bertz CT molecular complexity index is 1520. The van der Waals surface area contributed by atoms with E-state index in [0.717, 1.165) is 44.8 Å². The van der Waals surface area contributed by atoms with E-state index in [9.17, 15) is 8.42 Å². The molecule has 0 spiro atoms. The molecule has 2 N–H and O–H groups in total. The molecule has 2 aromatic heterocycles. The Morgan fingerprint density at radius 3 is 2.53 bits per heavy atom. The number of anilines is 2. The monoisotopic (exact) mass is 582 g/mol. The summed E-state index contributed by atoms with van der Waals surface area (Å²) in [4.78, 5) is 6.57. The molecule has 1 fully saturated rings. The smallest absolute Gasteiger partial charge is 0.229 e. The summed E-state index contributed by atoms with van der Waals surface area (Å²) >= 11 is 9.26. The number of nitrogens with one attached hydrogen (secondary N) is 2. The van der Waals surface area contributed by atoms with Crippen molar-refractivity contribution in [3.8, 4) is 11.3 Å². The number of sulfonamides is 1. The molecule has 0 bridgehead atoms. The van der Waals surface area contributed by atoms with Gasteiger partial charge in [0.25, 0.3) is 0 Å². The summed E-state index contributed by atoms with van der Waals surface area (Å²) in [6, 6.07) is 22.6. The fraction of sp³-hybridized carbons (Fsp3) is 0.154. The van der Waals surface area contributed by atoms with E-state index in [-0.39, 0.29) is 12.1 Å². The Balaban J connectivity index is 1.57. The van der Waals surface area contributed by atoms with Crippen LogP contribution in [0.2, 0.25) is 0 Å². The maximum atomic E-state index is 11.7. The van der Waals surface area contributed by atoms with Crippen LogP contribution < -0.4 is 14.9 Å². The number of pyridine rings is 1. The Morgan fingerprint density at radius 2 is 1.86 bits per heavy atom. The van der Waals surface area contributed by atoms with Gasteiger partial charge in [-0.25, -0.2) is 8.42 Å². The third kappa shape index (κ3) is 5.02. The average molecular weight is 584 g/mol. The highest BCUT2D eigenvalue weighted by Crippen LogP contribution is 2.43. The molecule has 3 heterocycles. The highest BCUT2D eigenvalue weighted by molar-refractivity contribution is 9.10. The first-order valence-electron chi connectivity index (χ1n) is 11.1. The summed E-state index contributed by atoms with van der Waals surface area (Å²) in [5.74, 6) is 1.48. The lowest BCUT2D eigenvalue weighted by Gasteiger charge is -2.26. The van der Waals surface area contributed by atoms with Crippen LogP contribution in [0.3, 0.4) is 0 Å². The second-order valence-electron chi connectivity index (χ2n) is 8.58. The number of hydrogen-bond acceptors (Lipinski definition) is 5. The van der Waals surface area contributed by atoms with Crippen molar-refractivity contribution in [2.24, 2.45) is 0 Å². The van der Waals surface area contributed by atoms with Gasteiger partial charge in [-0.05, 0) is 79.3 Å². The Hall–Kier alpha value is -3.21. The summed E-state index contributed by atoms with van der Waals surface area (Å²) in [6.07, 6.45) is 2.89. The first-order chi connectivity index (χ1) is 17.2. The SMILES string of the molecule is Cc1cc(N2C(=S)NC(c3ccccn3)C2c2ccc(-c3ccc(Br)cc3)o2)ccc1NS(C)(=O)=O. The van der Waals surface area contributed by atoms with E-state index < -0.39 is 10.0 Å². The largest absolute Gasteiger partial charge is 0.459 e. The number of furan rings is 1. The van der Waals surface area contributed by atoms with Gasteiger partial charge in [-0.3, -0.25) is 9.71 Å².